The minimum atomic E-state index is -0.787. The second kappa shape index (κ2) is 5.12. The van der Waals surface area contributed by atoms with Gasteiger partial charge in [0, 0.05) is 12.1 Å². The number of benzene rings is 1. The first-order valence-electron chi connectivity index (χ1n) is 5.82. The van der Waals surface area contributed by atoms with Gasteiger partial charge in [0.15, 0.2) is 5.43 Å². The van der Waals surface area contributed by atoms with Crippen molar-refractivity contribution in [2.45, 2.75) is 20.0 Å². The molecule has 0 N–H and O–H groups in total. The number of nitrogens with zero attached hydrogens (tertiary/aromatic N) is 1. The highest BCUT2D eigenvalue weighted by molar-refractivity contribution is 5.89. The smallest absolute Gasteiger partial charge is 0.374 e. The molecular formula is C13H11NO6. The number of non-ortho nitro benzene ring substituents is 1. The lowest BCUT2D eigenvalue weighted by Crippen LogP contribution is -2.14. The van der Waals surface area contributed by atoms with Crippen molar-refractivity contribution in [3.05, 3.63) is 50.4 Å². The van der Waals surface area contributed by atoms with Crippen molar-refractivity contribution in [2.24, 2.45) is 0 Å². The van der Waals surface area contributed by atoms with Crippen LogP contribution < -0.4 is 5.43 Å². The molecule has 2 rings (SSSR count). The Hall–Kier alpha value is -2.70. The van der Waals surface area contributed by atoms with Crippen molar-refractivity contribution in [1.82, 2.24) is 0 Å². The molecule has 0 unspecified atom stereocenters. The highest BCUT2D eigenvalue weighted by atomic mass is 16.6. The van der Waals surface area contributed by atoms with Gasteiger partial charge in [-0.1, -0.05) is 0 Å². The van der Waals surface area contributed by atoms with Gasteiger partial charge in [-0.25, -0.2) is 4.79 Å². The van der Waals surface area contributed by atoms with Gasteiger partial charge in [-0.05, 0) is 19.9 Å². The molecule has 0 aliphatic carbocycles. The summed E-state index contributed by atoms with van der Waals surface area (Å²) in [6.07, 6.45) is -0.367. The Morgan fingerprint density at radius 3 is 2.65 bits per heavy atom. The maximum Gasteiger partial charge on any atom is 0.374 e. The van der Waals surface area contributed by atoms with E-state index in [1.54, 1.807) is 13.8 Å². The molecule has 0 spiro atoms. The third-order valence-corrected chi connectivity index (χ3v) is 2.47. The van der Waals surface area contributed by atoms with E-state index in [2.05, 4.69) is 0 Å². The van der Waals surface area contributed by atoms with Gasteiger partial charge >= 0.3 is 5.97 Å². The molecule has 0 bridgehead atoms. The van der Waals surface area contributed by atoms with Crippen molar-refractivity contribution in [3.8, 4) is 0 Å². The van der Waals surface area contributed by atoms with Crippen molar-refractivity contribution in [2.75, 3.05) is 0 Å². The Balaban J connectivity index is 2.57. The number of hydrogen-bond acceptors (Lipinski definition) is 6. The molecule has 0 atom stereocenters. The number of ether oxygens (including phenoxy) is 1. The second-order valence-electron chi connectivity index (χ2n) is 4.37. The maximum atomic E-state index is 11.8. The molecule has 1 aromatic heterocycles. The van der Waals surface area contributed by atoms with E-state index in [0.29, 0.717) is 0 Å². The quantitative estimate of drug-likeness (QED) is 0.484. The van der Waals surface area contributed by atoms with Crippen LogP contribution in [0.15, 0.2) is 33.5 Å². The van der Waals surface area contributed by atoms with E-state index in [-0.39, 0.29) is 28.5 Å². The number of carbonyl (C=O) groups excluding carboxylic acids is 1. The normalized spacial score (nSPS) is 10.8. The first-order valence-corrected chi connectivity index (χ1v) is 5.82. The van der Waals surface area contributed by atoms with E-state index in [1.807, 2.05) is 0 Å². The molecule has 7 heteroatoms. The zero-order chi connectivity index (χ0) is 14.9. The van der Waals surface area contributed by atoms with Crippen LogP contribution in [0.1, 0.15) is 24.4 Å². The maximum absolute atomic E-state index is 11.8. The van der Waals surface area contributed by atoms with Crippen molar-refractivity contribution < 1.29 is 18.9 Å². The fourth-order valence-corrected chi connectivity index (χ4v) is 1.63. The van der Waals surface area contributed by atoms with E-state index in [0.717, 1.165) is 12.1 Å². The molecule has 0 radical (unpaired) electrons. The van der Waals surface area contributed by atoms with Gasteiger partial charge in [-0.2, -0.15) is 0 Å². The third-order valence-electron chi connectivity index (χ3n) is 2.47. The molecule has 0 aliphatic rings. The molecular weight excluding hydrogens is 266 g/mol. The van der Waals surface area contributed by atoms with E-state index >= 15 is 0 Å². The van der Waals surface area contributed by atoms with Crippen LogP contribution in [0.2, 0.25) is 0 Å². The van der Waals surface area contributed by atoms with Crippen LogP contribution >= 0.6 is 0 Å². The minimum absolute atomic E-state index is 0.0255. The third kappa shape index (κ3) is 2.66. The van der Waals surface area contributed by atoms with Gasteiger partial charge in [0.2, 0.25) is 5.76 Å². The summed E-state index contributed by atoms with van der Waals surface area (Å²) < 4.78 is 10.1. The van der Waals surface area contributed by atoms with Gasteiger partial charge in [-0.15, -0.1) is 0 Å². The van der Waals surface area contributed by atoms with E-state index < -0.39 is 16.3 Å². The summed E-state index contributed by atoms with van der Waals surface area (Å²) in [6, 6.07) is 4.60. The van der Waals surface area contributed by atoms with E-state index in [1.165, 1.54) is 12.1 Å². The Morgan fingerprint density at radius 2 is 2.05 bits per heavy atom. The van der Waals surface area contributed by atoms with Crippen molar-refractivity contribution >= 4 is 22.6 Å². The van der Waals surface area contributed by atoms with Gasteiger partial charge in [-0.3, -0.25) is 14.9 Å². The lowest BCUT2D eigenvalue weighted by atomic mass is 10.2. The molecule has 104 valence electrons. The molecule has 7 nitrogen and oxygen atoms in total. The van der Waals surface area contributed by atoms with Crippen LogP contribution in [-0.2, 0) is 4.74 Å². The van der Waals surface area contributed by atoms with Gasteiger partial charge in [0.25, 0.3) is 5.69 Å². The lowest BCUT2D eigenvalue weighted by Gasteiger charge is -2.07. The molecule has 0 amide bonds. The lowest BCUT2D eigenvalue weighted by molar-refractivity contribution is -0.384. The molecule has 20 heavy (non-hydrogen) atoms. The highest BCUT2D eigenvalue weighted by Gasteiger charge is 2.16. The summed E-state index contributed by atoms with van der Waals surface area (Å²) in [5, 5.41) is 10.9. The predicted octanol–water partition coefficient (Wildman–Crippen LogP) is 2.27. The van der Waals surface area contributed by atoms with Crippen LogP contribution in [0.4, 0.5) is 5.69 Å². The van der Waals surface area contributed by atoms with Crippen LogP contribution in [0.3, 0.4) is 0 Å². The molecule has 0 aliphatic heterocycles. The number of fused-ring (bicyclic) bond motifs is 1. The zero-order valence-corrected chi connectivity index (χ0v) is 10.8. The largest absolute Gasteiger partial charge is 0.457 e. The number of nitro benzene ring substituents is 1. The van der Waals surface area contributed by atoms with E-state index in [9.17, 15) is 19.7 Å². The molecule has 0 saturated heterocycles. The average Bonchev–Trinajstić information content (AvgIpc) is 2.37. The van der Waals surface area contributed by atoms with Gasteiger partial charge < -0.3 is 9.15 Å². The number of carbonyl (C=O) groups is 1. The Bertz CT molecular complexity index is 746. The fraction of sp³-hybridized carbons (Fsp3) is 0.231. The van der Waals surface area contributed by atoms with Crippen LogP contribution in [0.25, 0.3) is 11.0 Å². The topological polar surface area (TPSA) is 99.7 Å². The highest BCUT2D eigenvalue weighted by Crippen LogP contribution is 2.20. The Morgan fingerprint density at radius 1 is 1.35 bits per heavy atom. The first kappa shape index (κ1) is 13.7. The van der Waals surface area contributed by atoms with Gasteiger partial charge in [0.05, 0.1) is 22.5 Å². The predicted molar refractivity (Wildman–Crippen MR) is 69.7 cm³/mol. The van der Waals surface area contributed by atoms with Gasteiger partial charge in [0.1, 0.15) is 5.58 Å². The molecule has 1 aromatic carbocycles. The average molecular weight is 277 g/mol. The summed E-state index contributed by atoms with van der Waals surface area (Å²) >= 11 is 0. The first-order chi connectivity index (χ1) is 9.38. The number of esters is 1. The second-order valence-corrected chi connectivity index (χ2v) is 4.37. The van der Waals surface area contributed by atoms with Crippen LogP contribution in [0.5, 0.6) is 0 Å². The fourth-order valence-electron chi connectivity index (χ4n) is 1.63. The van der Waals surface area contributed by atoms with Crippen LogP contribution in [0, 0.1) is 10.1 Å². The Labute approximate surface area is 112 Å². The minimum Gasteiger partial charge on any atom is -0.457 e. The number of rotatable bonds is 3. The SMILES string of the molecule is CC(C)OC(=O)c1cc(=O)c2ccc([N+](=O)[O-])cc2o1. The van der Waals surface area contributed by atoms with Crippen molar-refractivity contribution in [1.29, 1.82) is 0 Å². The monoisotopic (exact) mass is 277 g/mol. The molecule has 0 fully saturated rings. The zero-order valence-electron chi connectivity index (χ0n) is 10.8. The molecule has 2 aromatic rings. The van der Waals surface area contributed by atoms with Crippen LogP contribution in [-0.4, -0.2) is 17.0 Å². The van der Waals surface area contributed by atoms with Crippen molar-refractivity contribution in [3.63, 3.8) is 0 Å². The Kier molecular flexibility index (Phi) is 3.51. The standard InChI is InChI=1S/C13H11NO6/c1-7(2)19-13(16)12-6-10(15)9-4-3-8(14(17)18)5-11(9)20-12/h3-7H,1-2H3. The summed E-state index contributed by atoms with van der Waals surface area (Å²) in [5.74, 6) is -1.07. The summed E-state index contributed by atoms with van der Waals surface area (Å²) in [5.41, 5.74) is -0.714. The molecule has 1 heterocycles. The summed E-state index contributed by atoms with van der Waals surface area (Å²) in [7, 11) is 0. The molecule has 0 saturated carbocycles. The number of hydrogen-bond donors (Lipinski definition) is 0. The summed E-state index contributed by atoms with van der Waals surface area (Å²) in [6.45, 7) is 3.31. The summed E-state index contributed by atoms with van der Waals surface area (Å²) in [4.78, 5) is 33.6. The van der Waals surface area contributed by atoms with E-state index in [4.69, 9.17) is 9.15 Å². The number of nitro groups is 1.